The minimum absolute atomic E-state index is 0.192. The molecule has 1 atom stereocenters. The van der Waals surface area contributed by atoms with Crippen LogP contribution in [0.15, 0.2) is 24.3 Å². The summed E-state index contributed by atoms with van der Waals surface area (Å²) in [4.78, 5) is 13.9. The van der Waals surface area contributed by atoms with Gasteiger partial charge in [0.1, 0.15) is 11.7 Å². The fraction of sp³-hybridized carbons (Fsp3) is 0.529. The molecule has 1 aromatic carbocycles. The number of ether oxygens (including phenoxy) is 2. The summed E-state index contributed by atoms with van der Waals surface area (Å²) in [6.45, 7) is 7.26. The number of hydrogen-bond donors (Lipinski definition) is 0. The lowest BCUT2D eigenvalue weighted by atomic mass is 10.1. The Hall–Kier alpha value is -2.06. The van der Waals surface area contributed by atoms with Crippen molar-refractivity contribution in [3.63, 3.8) is 0 Å². The standard InChI is InChI=1S/C17H22N2O3/c1-17(2,3)22-16(20)19-9-4-10-21-15(12-19)14-7-5-13(11-18)6-8-14/h5-8,15H,4,9-10,12H2,1-3H3/t15-/m1/s1. The summed E-state index contributed by atoms with van der Waals surface area (Å²) in [6.07, 6.45) is 0.283. The molecule has 0 unspecified atom stereocenters. The van der Waals surface area contributed by atoms with E-state index in [0.717, 1.165) is 12.0 Å². The zero-order valence-corrected chi connectivity index (χ0v) is 13.3. The molecule has 1 fully saturated rings. The maximum Gasteiger partial charge on any atom is 0.410 e. The smallest absolute Gasteiger partial charge is 0.410 e. The number of nitrogens with zero attached hydrogens (tertiary/aromatic N) is 2. The molecule has 5 nitrogen and oxygen atoms in total. The summed E-state index contributed by atoms with van der Waals surface area (Å²) in [7, 11) is 0. The van der Waals surface area contributed by atoms with Crippen molar-refractivity contribution in [3.8, 4) is 6.07 Å². The van der Waals surface area contributed by atoms with E-state index in [1.807, 2.05) is 32.9 Å². The molecule has 1 saturated heterocycles. The molecule has 1 aliphatic rings. The van der Waals surface area contributed by atoms with E-state index < -0.39 is 5.60 Å². The normalized spacial score (nSPS) is 19.2. The zero-order chi connectivity index (χ0) is 16.2. The molecule has 0 spiro atoms. The van der Waals surface area contributed by atoms with E-state index in [9.17, 15) is 4.79 Å². The number of amides is 1. The van der Waals surface area contributed by atoms with Crippen molar-refractivity contribution < 1.29 is 14.3 Å². The number of nitriles is 1. The predicted octanol–water partition coefficient (Wildman–Crippen LogP) is 3.26. The van der Waals surface area contributed by atoms with Crippen LogP contribution in [0, 0.1) is 11.3 Å². The second kappa shape index (κ2) is 6.80. The Morgan fingerprint density at radius 1 is 1.36 bits per heavy atom. The summed E-state index contributed by atoms with van der Waals surface area (Å²) in [5, 5.41) is 8.86. The Labute approximate surface area is 131 Å². The molecule has 118 valence electrons. The van der Waals surface area contributed by atoms with Crippen LogP contribution in [0.25, 0.3) is 0 Å². The highest BCUT2D eigenvalue weighted by molar-refractivity contribution is 5.68. The molecule has 0 bridgehead atoms. The van der Waals surface area contributed by atoms with Crippen LogP contribution in [-0.4, -0.2) is 36.3 Å². The van der Waals surface area contributed by atoms with Gasteiger partial charge in [0.05, 0.1) is 18.2 Å². The summed E-state index contributed by atoms with van der Waals surface area (Å²) >= 11 is 0. The third kappa shape index (κ3) is 4.47. The molecule has 2 rings (SSSR count). The van der Waals surface area contributed by atoms with E-state index in [2.05, 4.69) is 6.07 Å². The molecule has 1 aromatic rings. The molecule has 1 amide bonds. The molecular formula is C17H22N2O3. The Kier molecular flexibility index (Phi) is 5.04. The SMILES string of the molecule is CC(C)(C)OC(=O)N1CCCO[C@@H](c2ccc(C#N)cc2)C1. The van der Waals surface area contributed by atoms with Crippen molar-refractivity contribution in [2.45, 2.75) is 38.9 Å². The van der Waals surface area contributed by atoms with Gasteiger partial charge in [-0.2, -0.15) is 5.26 Å². The Bertz CT molecular complexity index is 555. The average Bonchev–Trinajstić information content (AvgIpc) is 2.71. The largest absolute Gasteiger partial charge is 0.444 e. The number of carbonyl (C=O) groups excluding carboxylic acids is 1. The predicted molar refractivity (Wildman–Crippen MR) is 82.3 cm³/mol. The van der Waals surface area contributed by atoms with Gasteiger partial charge in [0.15, 0.2) is 0 Å². The van der Waals surface area contributed by atoms with Crippen molar-refractivity contribution in [1.82, 2.24) is 4.90 Å². The lowest BCUT2D eigenvalue weighted by Crippen LogP contribution is -2.38. The second-order valence-electron chi connectivity index (χ2n) is 6.37. The van der Waals surface area contributed by atoms with E-state index in [1.54, 1.807) is 17.0 Å². The van der Waals surface area contributed by atoms with Gasteiger partial charge in [-0.3, -0.25) is 0 Å². The van der Waals surface area contributed by atoms with Gasteiger partial charge in [-0.15, -0.1) is 0 Å². The Morgan fingerprint density at radius 2 is 2.05 bits per heavy atom. The van der Waals surface area contributed by atoms with Crippen LogP contribution in [0.4, 0.5) is 4.79 Å². The Morgan fingerprint density at radius 3 is 2.64 bits per heavy atom. The maximum absolute atomic E-state index is 12.2. The molecule has 0 radical (unpaired) electrons. The summed E-state index contributed by atoms with van der Waals surface area (Å²) in [5.74, 6) is 0. The van der Waals surface area contributed by atoms with Crippen LogP contribution in [0.3, 0.4) is 0 Å². The van der Waals surface area contributed by atoms with E-state index >= 15 is 0 Å². The van der Waals surface area contributed by atoms with Gasteiger partial charge in [-0.25, -0.2) is 4.79 Å². The van der Waals surface area contributed by atoms with Gasteiger partial charge in [0, 0.05) is 13.2 Å². The summed E-state index contributed by atoms with van der Waals surface area (Å²) in [5.41, 5.74) is 1.07. The number of rotatable bonds is 1. The molecule has 5 heteroatoms. The van der Waals surface area contributed by atoms with Gasteiger partial charge in [0.2, 0.25) is 0 Å². The number of benzene rings is 1. The molecule has 22 heavy (non-hydrogen) atoms. The maximum atomic E-state index is 12.2. The highest BCUT2D eigenvalue weighted by atomic mass is 16.6. The number of hydrogen-bond acceptors (Lipinski definition) is 4. The van der Waals surface area contributed by atoms with Crippen LogP contribution in [0.5, 0.6) is 0 Å². The molecule has 1 heterocycles. The Balaban J connectivity index is 2.09. The van der Waals surface area contributed by atoms with Crippen molar-refractivity contribution in [1.29, 1.82) is 5.26 Å². The fourth-order valence-corrected chi connectivity index (χ4v) is 2.29. The highest BCUT2D eigenvalue weighted by Gasteiger charge is 2.27. The molecular weight excluding hydrogens is 280 g/mol. The van der Waals surface area contributed by atoms with Crippen LogP contribution in [0.2, 0.25) is 0 Å². The lowest BCUT2D eigenvalue weighted by molar-refractivity contribution is 0.0140. The van der Waals surface area contributed by atoms with E-state index in [4.69, 9.17) is 14.7 Å². The van der Waals surface area contributed by atoms with Gasteiger partial charge >= 0.3 is 6.09 Å². The van der Waals surface area contributed by atoms with Gasteiger partial charge in [-0.05, 0) is 44.9 Å². The minimum atomic E-state index is -0.506. The van der Waals surface area contributed by atoms with Crippen LogP contribution in [0.1, 0.15) is 44.4 Å². The first-order chi connectivity index (χ1) is 10.4. The highest BCUT2D eigenvalue weighted by Crippen LogP contribution is 2.23. The topological polar surface area (TPSA) is 62.6 Å². The molecule has 0 saturated carbocycles. The second-order valence-corrected chi connectivity index (χ2v) is 6.37. The fourth-order valence-electron chi connectivity index (χ4n) is 2.29. The van der Waals surface area contributed by atoms with Crippen molar-refractivity contribution in [2.75, 3.05) is 19.7 Å². The quantitative estimate of drug-likeness (QED) is 0.799. The van der Waals surface area contributed by atoms with Crippen LogP contribution >= 0.6 is 0 Å². The van der Waals surface area contributed by atoms with E-state index in [1.165, 1.54) is 0 Å². The van der Waals surface area contributed by atoms with Gasteiger partial charge < -0.3 is 14.4 Å². The molecule has 0 aliphatic carbocycles. The van der Waals surface area contributed by atoms with Crippen molar-refractivity contribution >= 4 is 6.09 Å². The first-order valence-corrected chi connectivity index (χ1v) is 7.48. The summed E-state index contributed by atoms with van der Waals surface area (Å²) in [6, 6.07) is 9.38. The number of carbonyl (C=O) groups is 1. The van der Waals surface area contributed by atoms with Gasteiger partial charge in [-0.1, -0.05) is 12.1 Å². The first kappa shape index (κ1) is 16.3. The van der Waals surface area contributed by atoms with Gasteiger partial charge in [0.25, 0.3) is 0 Å². The third-order valence-corrected chi connectivity index (χ3v) is 3.34. The van der Waals surface area contributed by atoms with Crippen molar-refractivity contribution in [3.05, 3.63) is 35.4 Å². The first-order valence-electron chi connectivity index (χ1n) is 7.48. The lowest BCUT2D eigenvalue weighted by Gasteiger charge is -2.28. The monoisotopic (exact) mass is 302 g/mol. The zero-order valence-electron chi connectivity index (χ0n) is 13.3. The van der Waals surface area contributed by atoms with E-state index in [0.29, 0.717) is 25.3 Å². The summed E-state index contributed by atoms with van der Waals surface area (Å²) < 4.78 is 11.3. The molecule has 0 N–H and O–H groups in total. The molecule has 1 aliphatic heterocycles. The third-order valence-electron chi connectivity index (χ3n) is 3.34. The minimum Gasteiger partial charge on any atom is -0.444 e. The molecule has 0 aromatic heterocycles. The van der Waals surface area contributed by atoms with E-state index in [-0.39, 0.29) is 12.2 Å². The van der Waals surface area contributed by atoms with Crippen LogP contribution in [-0.2, 0) is 9.47 Å². The van der Waals surface area contributed by atoms with Crippen molar-refractivity contribution in [2.24, 2.45) is 0 Å². The van der Waals surface area contributed by atoms with Crippen LogP contribution < -0.4 is 0 Å². The average molecular weight is 302 g/mol.